The predicted molar refractivity (Wildman–Crippen MR) is 199 cm³/mol. The van der Waals surface area contributed by atoms with E-state index in [4.69, 9.17) is 10.8 Å². The van der Waals surface area contributed by atoms with E-state index >= 15 is 0 Å². The highest BCUT2D eigenvalue weighted by atomic mass is 15.5. The van der Waals surface area contributed by atoms with E-state index in [2.05, 4.69) is 160 Å². The molecule has 0 aliphatic heterocycles. The first-order chi connectivity index (χ1) is 23.3. The Kier molecular flexibility index (Phi) is 7.66. The zero-order valence-corrected chi connectivity index (χ0v) is 28.3. The van der Waals surface area contributed by atoms with Gasteiger partial charge in [-0.15, -0.1) is 0 Å². The number of nitrogens with two attached hydrogens (primary N) is 1. The summed E-state index contributed by atoms with van der Waals surface area (Å²) in [7, 11) is 0. The van der Waals surface area contributed by atoms with Crippen LogP contribution >= 0.6 is 0 Å². The van der Waals surface area contributed by atoms with Crippen LogP contribution in [-0.4, -0.2) is 15.8 Å². The molecule has 0 fully saturated rings. The van der Waals surface area contributed by atoms with Crippen molar-refractivity contribution < 1.29 is 0 Å². The fourth-order valence-corrected chi connectivity index (χ4v) is 8.83. The highest BCUT2D eigenvalue weighted by Gasteiger charge is 2.48. The lowest BCUT2D eigenvalue weighted by atomic mass is 9.70. The van der Waals surface area contributed by atoms with E-state index < -0.39 is 6.29 Å². The summed E-state index contributed by atoms with van der Waals surface area (Å²) in [5.41, 5.74) is 13.1. The van der Waals surface area contributed by atoms with Crippen molar-refractivity contribution in [3.8, 4) is 0 Å². The fourth-order valence-electron chi connectivity index (χ4n) is 8.83. The van der Waals surface area contributed by atoms with Crippen molar-refractivity contribution >= 4 is 18.4 Å². The van der Waals surface area contributed by atoms with Gasteiger partial charge >= 0.3 is 0 Å². The number of hydrogen-bond donors (Lipinski definition) is 1. The summed E-state index contributed by atoms with van der Waals surface area (Å²) in [4.78, 5) is 5.35. The Bertz CT molecular complexity index is 2030. The molecule has 3 aliphatic rings. The predicted octanol–water partition coefficient (Wildman–Crippen LogP) is 9.93. The first-order valence-electron chi connectivity index (χ1n) is 17.3. The van der Waals surface area contributed by atoms with Crippen molar-refractivity contribution in [1.82, 2.24) is 9.58 Å². The minimum atomic E-state index is -0.458. The first-order valence-corrected chi connectivity index (χ1v) is 17.3. The molecule has 4 nitrogen and oxygen atoms in total. The molecule has 1 aromatic heterocycles. The summed E-state index contributed by atoms with van der Waals surface area (Å²) in [6.45, 7) is 10.2. The van der Waals surface area contributed by atoms with Crippen molar-refractivity contribution in [3.63, 3.8) is 0 Å². The van der Waals surface area contributed by atoms with E-state index in [-0.39, 0.29) is 17.3 Å². The monoisotopic (exact) mass is 628 g/mol. The number of fused-ring (bicyclic) bond motifs is 6. The molecule has 0 spiro atoms. The minimum Gasteiger partial charge on any atom is -0.308 e. The van der Waals surface area contributed by atoms with Crippen LogP contribution in [0.15, 0.2) is 132 Å². The Balaban J connectivity index is 1.36. The molecule has 0 bridgehead atoms. The maximum absolute atomic E-state index is 7.19. The summed E-state index contributed by atoms with van der Waals surface area (Å²) >= 11 is 0. The number of nitrogens with zero attached hydrogens (tertiary/aromatic N) is 3. The molecule has 240 valence electrons. The molecule has 5 unspecified atom stereocenters. The van der Waals surface area contributed by atoms with Gasteiger partial charge in [0.05, 0.1) is 0 Å². The molecule has 0 amide bonds. The molecule has 4 heteroatoms. The lowest BCUT2D eigenvalue weighted by Gasteiger charge is -2.34. The van der Waals surface area contributed by atoms with Gasteiger partial charge < -0.3 is 4.57 Å². The van der Waals surface area contributed by atoms with Gasteiger partial charge in [0.1, 0.15) is 0 Å². The van der Waals surface area contributed by atoms with Crippen LogP contribution in [0.2, 0.25) is 0 Å². The topological polar surface area (TPSA) is 46.5 Å². The molecule has 5 aromatic rings. The Morgan fingerprint density at radius 1 is 0.833 bits per heavy atom. The molecule has 0 radical (unpaired) electrons. The zero-order chi connectivity index (χ0) is 33.0. The number of hydrogen-bond acceptors (Lipinski definition) is 3. The number of benzene rings is 4. The highest BCUT2D eigenvalue weighted by molar-refractivity contribution is 5.80. The van der Waals surface area contributed by atoms with Crippen LogP contribution in [-0.2, 0) is 12.0 Å². The van der Waals surface area contributed by atoms with Gasteiger partial charge in [0.15, 0.2) is 6.29 Å². The number of allylic oxidation sites excluding steroid dienone is 2. The van der Waals surface area contributed by atoms with Gasteiger partial charge in [0, 0.05) is 47.3 Å². The average molecular weight is 629 g/mol. The zero-order valence-electron chi connectivity index (χ0n) is 28.3. The van der Waals surface area contributed by atoms with Crippen LogP contribution in [0.25, 0.3) is 12.2 Å². The van der Waals surface area contributed by atoms with Crippen LogP contribution in [0, 0.1) is 0 Å². The summed E-state index contributed by atoms with van der Waals surface area (Å²) in [5.74, 6) is 8.27. The number of hydrazine groups is 1. The maximum Gasteiger partial charge on any atom is 0.195 e. The average Bonchev–Trinajstić information content (AvgIpc) is 3.56. The summed E-state index contributed by atoms with van der Waals surface area (Å²) in [5, 5.41) is 1.92. The van der Waals surface area contributed by atoms with Crippen LogP contribution in [0.4, 0.5) is 0 Å². The van der Waals surface area contributed by atoms with E-state index in [0.717, 1.165) is 11.1 Å². The lowest BCUT2D eigenvalue weighted by molar-refractivity contribution is 0.135. The van der Waals surface area contributed by atoms with Crippen LogP contribution in [0.5, 0.6) is 0 Å². The molecule has 4 aromatic carbocycles. The Morgan fingerprint density at radius 3 is 2.21 bits per heavy atom. The summed E-state index contributed by atoms with van der Waals surface area (Å²) < 4.78 is 2.50. The SMILES string of the molecule is CC1c2c(c3c(n2C(/N=C/c2ccccc2)N(N)Cc2ccccc2)C=C2C(c4ccccc4C2(C)C)C3C)C=CC1c1ccccc1. The lowest BCUT2D eigenvalue weighted by Crippen LogP contribution is -2.39. The largest absolute Gasteiger partial charge is 0.308 e. The second-order valence-corrected chi connectivity index (χ2v) is 14.3. The van der Waals surface area contributed by atoms with Crippen molar-refractivity contribution in [3.05, 3.63) is 177 Å². The van der Waals surface area contributed by atoms with Gasteiger partial charge in [0.2, 0.25) is 0 Å². The summed E-state index contributed by atoms with van der Waals surface area (Å²) in [6, 6.07) is 40.8. The molecular weight excluding hydrogens is 585 g/mol. The van der Waals surface area contributed by atoms with Crippen LogP contribution in [0.1, 0.15) is 108 Å². The second-order valence-electron chi connectivity index (χ2n) is 14.3. The Morgan fingerprint density at radius 2 is 1.48 bits per heavy atom. The van der Waals surface area contributed by atoms with Gasteiger partial charge in [0.25, 0.3) is 0 Å². The maximum atomic E-state index is 7.19. The van der Waals surface area contributed by atoms with E-state index in [9.17, 15) is 0 Å². The Labute approximate surface area is 284 Å². The molecule has 3 aliphatic carbocycles. The first kappa shape index (κ1) is 30.6. The third kappa shape index (κ3) is 4.94. The van der Waals surface area contributed by atoms with Crippen molar-refractivity contribution in [2.24, 2.45) is 10.8 Å². The van der Waals surface area contributed by atoms with Crippen molar-refractivity contribution in [1.29, 1.82) is 0 Å². The molecule has 2 N–H and O–H groups in total. The molecule has 1 heterocycles. The van der Waals surface area contributed by atoms with E-state index in [0.29, 0.717) is 18.4 Å². The smallest absolute Gasteiger partial charge is 0.195 e. The van der Waals surface area contributed by atoms with Crippen molar-refractivity contribution in [2.45, 2.75) is 69.6 Å². The van der Waals surface area contributed by atoms with Gasteiger partial charge in [-0.3, -0.25) is 10.8 Å². The number of rotatable bonds is 7. The normalized spacial score (nSPS) is 22.6. The standard InChI is InChI=1S/C44H44N4/c1-29-34(33-20-12-7-13-21-33)24-25-36-41-30(2)40-35-22-14-15-23-37(35)44(3,4)38(40)26-39(41)48(42(29)36)43(46-27-31-16-8-5-9-17-31)47(45)28-32-18-10-6-11-19-32/h5-27,29-30,34,40,43H,28,45H2,1-4H3/b46-27+. The van der Waals surface area contributed by atoms with E-state index in [1.54, 1.807) is 0 Å². The third-order valence-corrected chi connectivity index (χ3v) is 11.2. The van der Waals surface area contributed by atoms with Gasteiger partial charge in [-0.25, -0.2) is 5.01 Å². The van der Waals surface area contributed by atoms with Crippen LogP contribution < -0.4 is 5.84 Å². The van der Waals surface area contributed by atoms with Crippen LogP contribution in [0.3, 0.4) is 0 Å². The van der Waals surface area contributed by atoms with Crippen molar-refractivity contribution in [2.75, 3.05) is 0 Å². The summed E-state index contributed by atoms with van der Waals surface area (Å²) in [6.07, 6.45) is 8.87. The molecule has 0 saturated heterocycles. The fraction of sp³-hybridized carbons (Fsp3) is 0.250. The van der Waals surface area contributed by atoms with E-state index in [1.807, 2.05) is 17.3 Å². The highest BCUT2D eigenvalue weighted by Crippen LogP contribution is 2.60. The van der Waals surface area contributed by atoms with Gasteiger partial charge in [-0.2, -0.15) is 0 Å². The van der Waals surface area contributed by atoms with Gasteiger partial charge in [-0.1, -0.05) is 155 Å². The minimum absolute atomic E-state index is 0.0773. The quantitative estimate of drug-likeness (QED) is 0.111. The molecule has 5 atom stereocenters. The molecule has 8 rings (SSSR count). The molecular formula is C44H44N4. The number of aliphatic imine (C=N–C) groups is 1. The molecule has 48 heavy (non-hydrogen) atoms. The molecule has 0 saturated carbocycles. The van der Waals surface area contributed by atoms with E-state index in [1.165, 1.54) is 44.8 Å². The number of aromatic nitrogens is 1. The van der Waals surface area contributed by atoms with Gasteiger partial charge in [-0.05, 0) is 56.5 Å². The second kappa shape index (κ2) is 12.0. The third-order valence-electron chi connectivity index (χ3n) is 11.2. The Hall–Kier alpha value is -4.77.